The summed E-state index contributed by atoms with van der Waals surface area (Å²) in [6, 6.07) is 17.4. The molecule has 2 fully saturated rings. The maximum absolute atomic E-state index is 15.7. The molecule has 2 aliphatic heterocycles. The Morgan fingerprint density at radius 3 is 2.08 bits per heavy atom. The highest BCUT2D eigenvalue weighted by atomic mass is 19.1. The van der Waals surface area contributed by atoms with Gasteiger partial charge in [0, 0.05) is 47.9 Å². The molecule has 3 aromatic carbocycles. The Kier molecular flexibility index (Phi) is 9.10. The lowest BCUT2D eigenvalue weighted by molar-refractivity contribution is -0.138. The maximum atomic E-state index is 15.7. The van der Waals surface area contributed by atoms with Crippen LogP contribution in [0.2, 0.25) is 0 Å². The fourth-order valence-corrected chi connectivity index (χ4v) is 6.55. The summed E-state index contributed by atoms with van der Waals surface area (Å²) in [5.41, 5.74) is 2.60. The van der Waals surface area contributed by atoms with Crippen LogP contribution in [0.15, 0.2) is 72.8 Å². The monoisotopic (exact) mass is 654 g/mol. The van der Waals surface area contributed by atoms with Gasteiger partial charge in [-0.2, -0.15) is 0 Å². The molecular formula is C35H35FN6O6. The summed E-state index contributed by atoms with van der Waals surface area (Å²) in [6.07, 6.45) is 0.961. The van der Waals surface area contributed by atoms with E-state index in [2.05, 4.69) is 20.9 Å². The van der Waals surface area contributed by atoms with E-state index in [0.717, 1.165) is 6.42 Å². The van der Waals surface area contributed by atoms with Crippen molar-refractivity contribution >= 4 is 52.0 Å². The molecule has 2 saturated heterocycles. The first-order valence-electron chi connectivity index (χ1n) is 15.8. The molecule has 2 aliphatic rings. The van der Waals surface area contributed by atoms with Crippen LogP contribution >= 0.6 is 0 Å². The molecule has 5 amide bonds. The van der Waals surface area contributed by atoms with Crippen LogP contribution in [0, 0.1) is 5.82 Å². The Bertz CT molecular complexity index is 1880. The molecule has 0 saturated carbocycles. The first-order chi connectivity index (χ1) is 23.1. The summed E-state index contributed by atoms with van der Waals surface area (Å²) < 4.78 is 15.7. The maximum Gasteiger partial charge on any atom is 0.405 e. The van der Waals surface area contributed by atoms with Crippen molar-refractivity contribution in [2.24, 2.45) is 0 Å². The minimum Gasteiger partial charge on any atom is -0.465 e. The number of rotatable bonds is 8. The van der Waals surface area contributed by atoms with Crippen LogP contribution in [0.25, 0.3) is 22.2 Å². The predicted molar refractivity (Wildman–Crippen MR) is 176 cm³/mol. The standard InChI is InChI=1S/C35H35FN6O6/c1-20(43)41-17-5-9-27(41)32(44)37-23-13-11-22(12-14-23)30-29(36)25-19-24(15-16-26(25)39-30)38-33(45)28-10-6-18-42(28)34(46)31(40-35(47)48)21-7-3-2-4-8-21/h2-4,7-8,11-16,19,27-28,31,39-40H,5-6,9-10,17-18H2,1H3,(H,37,44)(H,38,45)(H,47,48)/t27?,28-,31-/m0/s1. The molecule has 0 bridgehead atoms. The lowest BCUT2D eigenvalue weighted by Crippen LogP contribution is -2.48. The summed E-state index contributed by atoms with van der Waals surface area (Å²) in [4.78, 5) is 69.1. The molecule has 48 heavy (non-hydrogen) atoms. The molecule has 5 N–H and O–H groups in total. The van der Waals surface area contributed by atoms with E-state index in [0.29, 0.717) is 53.8 Å². The molecule has 0 radical (unpaired) electrons. The summed E-state index contributed by atoms with van der Waals surface area (Å²) in [6.45, 7) is 2.29. The van der Waals surface area contributed by atoms with Crippen molar-refractivity contribution in [1.82, 2.24) is 20.1 Å². The highest BCUT2D eigenvalue weighted by Gasteiger charge is 2.38. The number of hydrogen-bond acceptors (Lipinski definition) is 5. The normalized spacial score (nSPS) is 18.0. The number of amides is 5. The second kappa shape index (κ2) is 13.6. The van der Waals surface area contributed by atoms with Crippen molar-refractivity contribution in [3.05, 3.63) is 84.2 Å². The third-order valence-corrected chi connectivity index (χ3v) is 8.89. The van der Waals surface area contributed by atoms with E-state index >= 15 is 4.39 Å². The summed E-state index contributed by atoms with van der Waals surface area (Å²) in [7, 11) is 0. The smallest absolute Gasteiger partial charge is 0.405 e. The molecule has 12 nitrogen and oxygen atoms in total. The van der Waals surface area contributed by atoms with Crippen molar-refractivity contribution in [2.75, 3.05) is 23.7 Å². The predicted octanol–water partition coefficient (Wildman–Crippen LogP) is 4.86. The molecule has 248 valence electrons. The topological polar surface area (TPSA) is 164 Å². The van der Waals surface area contributed by atoms with Crippen LogP contribution in [-0.2, 0) is 19.2 Å². The van der Waals surface area contributed by atoms with Crippen LogP contribution in [0.5, 0.6) is 0 Å². The summed E-state index contributed by atoms with van der Waals surface area (Å²) in [5.74, 6) is -1.91. The molecular weight excluding hydrogens is 619 g/mol. The molecule has 0 spiro atoms. The van der Waals surface area contributed by atoms with Crippen molar-refractivity contribution < 1.29 is 33.5 Å². The van der Waals surface area contributed by atoms with Crippen LogP contribution in [0.1, 0.15) is 44.2 Å². The zero-order chi connectivity index (χ0) is 33.9. The number of aromatic nitrogens is 1. The second-order valence-electron chi connectivity index (χ2n) is 12.0. The van der Waals surface area contributed by atoms with Crippen molar-refractivity contribution in [3.8, 4) is 11.3 Å². The van der Waals surface area contributed by atoms with Crippen LogP contribution < -0.4 is 16.0 Å². The first-order valence-corrected chi connectivity index (χ1v) is 15.8. The van der Waals surface area contributed by atoms with Crippen LogP contribution in [0.4, 0.5) is 20.6 Å². The Hall–Kier alpha value is -5.72. The highest BCUT2D eigenvalue weighted by Crippen LogP contribution is 2.32. The number of carboxylic acid groups (broad SMARTS) is 1. The molecule has 4 aromatic rings. The third-order valence-electron chi connectivity index (χ3n) is 8.89. The molecule has 1 unspecified atom stereocenters. The number of fused-ring (bicyclic) bond motifs is 1. The molecule has 6 rings (SSSR count). The van der Waals surface area contributed by atoms with Gasteiger partial charge < -0.3 is 35.8 Å². The number of carbonyl (C=O) groups excluding carboxylic acids is 4. The Balaban J connectivity index is 1.15. The first kappa shape index (κ1) is 32.2. The van der Waals surface area contributed by atoms with Gasteiger partial charge >= 0.3 is 6.09 Å². The van der Waals surface area contributed by atoms with E-state index in [-0.39, 0.29) is 29.4 Å². The average molecular weight is 655 g/mol. The van der Waals surface area contributed by atoms with Gasteiger partial charge in [0.05, 0.1) is 5.69 Å². The summed E-state index contributed by atoms with van der Waals surface area (Å²) >= 11 is 0. The van der Waals surface area contributed by atoms with Crippen molar-refractivity contribution in [2.45, 2.75) is 50.7 Å². The molecule has 3 heterocycles. The number of benzene rings is 3. The van der Waals surface area contributed by atoms with Gasteiger partial charge in [-0.05, 0) is 61.6 Å². The summed E-state index contributed by atoms with van der Waals surface area (Å²) in [5, 5.41) is 17.5. The highest BCUT2D eigenvalue weighted by molar-refractivity contribution is 6.01. The number of carbonyl (C=O) groups is 5. The van der Waals surface area contributed by atoms with E-state index in [1.54, 1.807) is 71.6 Å². The van der Waals surface area contributed by atoms with E-state index in [1.807, 2.05) is 0 Å². The van der Waals surface area contributed by atoms with Gasteiger partial charge in [0.15, 0.2) is 5.82 Å². The lowest BCUT2D eigenvalue weighted by Gasteiger charge is -2.28. The molecule has 3 atom stereocenters. The SMILES string of the molecule is CC(=O)N1CCCC1C(=O)Nc1ccc(-c2[nH]c3ccc(NC(=O)[C@@H]4CCCN4C(=O)[C@@H](NC(=O)O)c4ccccc4)cc3c2F)cc1. The van der Waals surface area contributed by atoms with Crippen molar-refractivity contribution in [3.63, 3.8) is 0 Å². The van der Waals surface area contributed by atoms with Crippen LogP contribution in [-0.4, -0.2) is 74.8 Å². The molecule has 1 aromatic heterocycles. The Labute approximate surface area is 275 Å². The number of nitrogens with zero attached hydrogens (tertiary/aromatic N) is 2. The number of hydrogen-bond donors (Lipinski definition) is 5. The molecule has 0 aliphatic carbocycles. The van der Waals surface area contributed by atoms with Gasteiger partial charge in [0.2, 0.25) is 17.7 Å². The average Bonchev–Trinajstić information content (AvgIpc) is 3.84. The van der Waals surface area contributed by atoms with Gasteiger partial charge in [-0.3, -0.25) is 19.2 Å². The zero-order valence-electron chi connectivity index (χ0n) is 26.2. The van der Waals surface area contributed by atoms with E-state index in [1.165, 1.54) is 17.9 Å². The number of nitrogens with one attached hydrogen (secondary N) is 4. The van der Waals surface area contributed by atoms with E-state index in [9.17, 15) is 29.1 Å². The number of likely N-dealkylation sites (tertiary alicyclic amines) is 2. The van der Waals surface area contributed by atoms with E-state index < -0.39 is 41.9 Å². The number of halogens is 1. The quantitative estimate of drug-likeness (QED) is 0.182. The lowest BCUT2D eigenvalue weighted by atomic mass is 10.0. The van der Waals surface area contributed by atoms with Gasteiger partial charge in [-0.15, -0.1) is 0 Å². The van der Waals surface area contributed by atoms with Crippen LogP contribution in [0.3, 0.4) is 0 Å². The minimum atomic E-state index is -1.36. The number of aromatic amines is 1. The van der Waals surface area contributed by atoms with Gasteiger partial charge in [-0.25, -0.2) is 9.18 Å². The fraction of sp³-hybridized carbons (Fsp3) is 0.286. The van der Waals surface area contributed by atoms with Crippen molar-refractivity contribution in [1.29, 1.82) is 0 Å². The minimum absolute atomic E-state index is 0.141. The number of H-pyrrole nitrogens is 1. The zero-order valence-corrected chi connectivity index (χ0v) is 26.2. The fourth-order valence-electron chi connectivity index (χ4n) is 6.55. The van der Waals surface area contributed by atoms with Gasteiger partial charge in [0.25, 0.3) is 5.91 Å². The third kappa shape index (κ3) is 6.57. The second-order valence-corrected chi connectivity index (χ2v) is 12.0. The Morgan fingerprint density at radius 1 is 0.833 bits per heavy atom. The number of anilines is 2. The Morgan fingerprint density at radius 2 is 1.44 bits per heavy atom. The van der Waals surface area contributed by atoms with E-state index in [4.69, 9.17) is 0 Å². The van der Waals surface area contributed by atoms with Gasteiger partial charge in [0.1, 0.15) is 18.1 Å². The largest absolute Gasteiger partial charge is 0.465 e. The molecule has 13 heteroatoms. The van der Waals surface area contributed by atoms with Gasteiger partial charge in [-0.1, -0.05) is 42.5 Å².